The smallest absolute Gasteiger partial charge is 0.308 e. The Kier molecular flexibility index (Phi) is 6.56. The molecule has 1 rings (SSSR count). The van der Waals surface area contributed by atoms with Gasteiger partial charge in [-0.15, -0.1) is 6.58 Å². The highest BCUT2D eigenvalue weighted by Crippen LogP contribution is 2.27. The van der Waals surface area contributed by atoms with Crippen LogP contribution in [0.25, 0.3) is 0 Å². The number of carbonyl (C=O) groups is 2. The molecule has 1 aliphatic carbocycles. The lowest BCUT2D eigenvalue weighted by molar-refractivity contribution is -0.149. The molecular formula is C14H23NO4. The molecule has 0 bridgehead atoms. The van der Waals surface area contributed by atoms with E-state index >= 15 is 0 Å². The number of methoxy groups -OCH3 is 1. The molecular weight excluding hydrogens is 246 g/mol. The quantitative estimate of drug-likeness (QED) is 0.585. The van der Waals surface area contributed by atoms with E-state index in [1.54, 1.807) is 13.0 Å². The van der Waals surface area contributed by atoms with Crippen molar-refractivity contribution in [3.05, 3.63) is 12.7 Å². The summed E-state index contributed by atoms with van der Waals surface area (Å²) in [6.07, 6.45) is 4.31. The lowest BCUT2D eigenvalue weighted by Gasteiger charge is -2.28. The summed E-state index contributed by atoms with van der Waals surface area (Å²) < 4.78 is 10.4. The van der Waals surface area contributed by atoms with Crippen molar-refractivity contribution < 1.29 is 19.1 Å². The van der Waals surface area contributed by atoms with E-state index < -0.39 is 6.10 Å². The number of carbonyl (C=O) groups excluding carboxylic acids is 2. The molecule has 0 aliphatic heterocycles. The minimum Gasteiger partial charge on any atom is -0.469 e. The molecule has 19 heavy (non-hydrogen) atoms. The van der Waals surface area contributed by atoms with Crippen LogP contribution >= 0.6 is 0 Å². The van der Waals surface area contributed by atoms with Crippen LogP contribution in [-0.2, 0) is 19.1 Å². The van der Waals surface area contributed by atoms with Crippen LogP contribution in [0.1, 0.15) is 32.6 Å². The van der Waals surface area contributed by atoms with Gasteiger partial charge >= 0.3 is 5.97 Å². The first-order valence-corrected chi connectivity index (χ1v) is 6.70. The number of amides is 1. The normalized spacial score (nSPS) is 24.3. The molecule has 0 spiro atoms. The topological polar surface area (TPSA) is 64.6 Å². The molecule has 5 nitrogen and oxygen atoms in total. The van der Waals surface area contributed by atoms with Crippen LogP contribution in [0.2, 0.25) is 0 Å². The van der Waals surface area contributed by atoms with Crippen molar-refractivity contribution in [2.75, 3.05) is 13.7 Å². The zero-order valence-electron chi connectivity index (χ0n) is 11.7. The minimum absolute atomic E-state index is 0.0188. The summed E-state index contributed by atoms with van der Waals surface area (Å²) in [6, 6.07) is 0. The second-order valence-electron chi connectivity index (χ2n) is 4.81. The van der Waals surface area contributed by atoms with Gasteiger partial charge in [0.15, 0.2) is 0 Å². The van der Waals surface area contributed by atoms with Crippen molar-refractivity contribution >= 4 is 11.9 Å². The molecule has 1 atom stereocenters. The number of hydrogen-bond donors (Lipinski definition) is 1. The molecule has 108 valence electrons. The second-order valence-corrected chi connectivity index (χ2v) is 4.81. The maximum atomic E-state index is 11.6. The molecule has 1 aliphatic rings. The average molecular weight is 269 g/mol. The molecule has 0 aromatic heterocycles. The molecule has 0 radical (unpaired) electrons. The number of esters is 1. The SMILES string of the molecule is C=CCNC(=O)C(C)OC1CCC(C(=O)OC)CC1. The fraction of sp³-hybridized carbons (Fsp3) is 0.714. The highest BCUT2D eigenvalue weighted by atomic mass is 16.5. The summed E-state index contributed by atoms with van der Waals surface area (Å²) in [7, 11) is 1.41. The van der Waals surface area contributed by atoms with Crippen molar-refractivity contribution in [2.24, 2.45) is 5.92 Å². The Morgan fingerprint density at radius 2 is 2.00 bits per heavy atom. The Balaban J connectivity index is 2.30. The van der Waals surface area contributed by atoms with Gasteiger partial charge in [-0.05, 0) is 32.6 Å². The number of rotatable bonds is 6. The molecule has 1 saturated carbocycles. The number of nitrogens with one attached hydrogen (secondary N) is 1. The number of hydrogen-bond acceptors (Lipinski definition) is 4. The molecule has 1 amide bonds. The van der Waals surface area contributed by atoms with Crippen molar-refractivity contribution in [1.82, 2.24) is 5.32 Å². The summed E-state index contributed by atoms with van der Waals surface area (Å²) in [5.41, 5.74) is 0. The molecule has 1 N–H and O–H groups in total. The molecule has 0 aromatic rings. The van der Waals surface area contributed by atoms with E-state index in [0.29, 0.717) is 6.54 Å². The molecule has 0 aromatic carbocycles. The van der Waals surface area contributed by atoms with Gasteiger partial charge in [0.1, 0.15) is 6.10 Å². The van der Waals surface area contributed by atoms with Crippen LogP contribution in [0.5, 0.6) is 0 Å². The fourth-order valence-electron chi connectivity index (χ4n) is 2.27. The Hall–Kier alpha value is -1.36. The van der Waals surface area contributed by atoms with Crippen LogP contribution in [0.15, 0.2) is 12.7 Å². The highest BCUT2D eigenvalue weighted by molar-refractivity contribution is 5.80. The monoisotopic (exact) mass is 269 g/mol. The maximum absolute atomic E-state index is 11.6. The van der Waals surface area contributed by atoms with Gasteiger partial charge < -0.3 is 14.8 Å². The Morgan fingerprint density at radius 3 is 2.53 bits per heavy atom. The van der Waals surface area contributed by atoms with Crippen LogP contribution < -0.4 is 5.32 Å². The second kappa shape index (κ2) is 7.94. The summed E-state index contributed by atoms with van der Waals surface area (Å²) in [5, 5.41) is 2.70. The zero-order valence-corrected chi connectivity index (χ0v) is 11.7. The Morgan fingerprint density at radius 1 is 1.37 bits per heavy atom. The lowest BCUT2D eigenvalue weighted by Crippen LogP contribution is -2.38. The molecule has 5 heteroatoms. The van der Waals surface area contributed by atoms with Crippen molar-refractivity contribution in [3.63, 3.8) is 0 Å². The van der Waals surface area contributed by atoms with Gasteiger partial charge in [0.05, 0.1) is 19.1 Å². The fourth-order valence-corrected chi connectivity index (χ4v) is 2.27. The summed E-state index contributed by atoms with van der Waals surface area (Å²) in [4.78, 5) is 23.0. The predicted octanol–water partition coefficient (Wildman–Crippen LogP) is 1.43. The average Bonchev–Trinajstić information content (AvgIpc) is 2.44. The minimum atomic E-state index is -0.473. The van der Waals surface area contributed by atoms with Gasteiger partial charge in [0.25, 0.3) is 0 Å². The first kappa shape index (κ1) is 15.7. The molecule has 1 fully saturated rings. The van der Waals surface area contributed by atoms with Crippen LogP contribution in [0, 0.1) is 5.92 Å². The van der Waals surface area contributed by atoms with E-state index in [1.807, 2.05) is 0 Å². The molecule has 0 saturated heterocycles. The van der Waals surface area contributed by atoms with Crippen LogP contribution in [0.4, 0.5) is 0 Å². The van der Waals surface area contributed by atoms with E-state index in [4.69, 9.17) is 9.47 Å². The first-order valence-electron chi connectivity index (χ1n) is 6.70. The zero-order chi connectivity index (χ0) is 14.3. The van der Waals surface area contributed by atoms with Crippen molar-refractivity contribution in [3.8, 4) is 0 Å². The van der Waals surface area contributed by atoms with Gasteiger partial charge in [0, 0.05) is 6.54 Å². The molecule has 1 unspecified atom stereocenters. The van der Waals surface area contributed by atoms with Crippen molar-refractivity contribution in [1.29, 1.82) is 0 Å². The highest BCUT2D eigenvalue weighted by Gasteiger charge is 2.29. The predicted molar refractivity (Wildman–Crippen MR) is 71.5 cm³/mol. The summed E-state index contributed by atoms with van der Waals surface area (Å²) in [6.45, 7) is 5.73. The Bertz CT molecular complexity index is 321. The third-order valence-electron chi connectivity index (χ3n) is 3.40. The van der Waals surface area contributed by atoms with Gasteiger partial charge in [0.2, 0.25) is 5.91 Å². The maximum Gasteiger partial charge on any atom is 0.308 e. The number of ether oxygens (including phenoxy) is 2. The van der Waals surface area contributed by atoms with Gasteiger partial charge in [-0.2, -0.15) is 0 Å². The van der Waals surface area contributed by atoms with E-state index in [-0.39, 0.29) is 23.9 Å². The standard InChI is InChI=1S/C14H23NO4/c1-4-9-15-13(16)10(2)19-12-7-5-11(6-8-12)14(17)18-3/h4,10-12H,1,5-9H2,2-3H3,(H,15,16). The van der Waals surface area contributed by atoms with Gasteiger partial charge in [-0.1, -0.05) is 6.08 Å². The van der Waals surface area contributed by atoms with E-state index in [2.05, 4.69) is 11.9 Å². The summed E-state index contributed by atoms with van der Waals surface area (Å²) in [5.74, 6) is -0.292. The largest absolute Gasteiger partial charge is 0.469 e. The third kappa shape index (κ3) is 5.03. The van der Waals surface area contributed by atoms with Crippen LogP contribution in [-0.4, -0.2) is 37.7 Å². The first-order chi connectivity index (χ1) is 9.08. The van der Waals surface area contributed by atoms with E-state index in [9.17, 15) is 9.59 Å². The Labute approximate surface area is 114 Å². The van der Waals surface area contributed by atoms with Crippen molar-refractivity contribution in [2.45, 2.75) is 44.8 Å². The van der Waals surface area contributed by atoms with E-state index in [1.165, 1.54) is 7.11 Å². The summed E-state index contributed by atoms with van der Waals surface area (Å²) >= 11 is 0. The lowest BCUT2D eigenvalue weighted by atomic mass is 9.87. The third-order valence-corrected chi connectivity index (χ3v) is 3.40. The van der Waals surface area contributed by atoms with Gasteiger partial charge in [-0.3, -0.25) is 9.59 Å². The van der Waals surface area contributed by atoms with Gasteiger partial charge in [-0.25, -0.2) is 0 Å². The van der Waals surface area contributed by atoms with E-state index in [0.717, 1.165) is 25.7 Å². The molecule has 0 heterocycles. The van der Waals surface area contributed by atoms with Crippen LogP contribution in [0.3, 0.4) is 0 Å².